The van der Waals surface area contributed by atoms with Crippen LogP contribution in [0.3, 0.4) is 0 Å². The number of hydrogen-bond acceptors (Lipinski definition) is 4. The Balaban J connectivity index is 1.97. The molecule has 3 nitrogen and oxygen atoms in total. The lowest BCUT2D eigenvalue weighted by molar-refractivity contribution is 0.186. The van der Waals surface area contributed by atoms with Gasteiger partial charge in [0.15, 0.2) is 11.5 Å². The first-order valence-corrected chi connectivity index (χ1v) is 7.36. The van der Waals surface area contributed by atoms with Crippen molar-refractivity contribution in [1.82, 2.24) is 0 Å². The summed E-state index contributed by atoms with van der Waals surface area (Å²) in [6.45, 7) is 2.14. The number of fused-ring (bicyclic) bond motifs is 1. The van der Waals surface area contributed by atoms with Crippen molar-refractivity contribution < 1.29 is 14.6 Å². The summed E-state index contributed by atoms with van der Waals surface area (Å²) in [6.07, 6.45) is -0.0515. The van der Waals surface area contributed by atoms with Gasteiger partial charge in [-0.05, 0) is 36.8 Å². The summed E-state index contributed by atoms with van der Waals surface area (Å²) in [5, 5.41) is 9.69. The van der Waals surface area contributed by atoms with Gasteiger partial charge in [0, 0.05) is 5.25 Å². The molecule has 104 valence electrons. The molecule has 3 rings (SSSR count). The molecule has 1 N–H and O–H groups in total. The maximum absolute atomic E-state index is 9.39. The normalized spacial score (nSPS) is 20.9. The van der Waals surface area contributed by atoms with Crippen molar-refractivity contribution in [3.63, 3.8) is 0 Å². The highest BCUT2D eigenvalue weighted by Gasteiger charge is 2.30. The van der Waals surface area contributed by atoms with Crippen LogP contribution in [-0.4, -0.2) is 17.5 Å². The summed E-state index contributed by atoms with van der Waals surface area (Å²) in [5.41, 5.74) is 1.05. The molecule has 2 atom stereocenters. The van der Waals surface area contributed by atoms with Crippen molar-refractivity contribution >= 4 is 11.8 Å². The van der Waals surface area contributed by atoms with Crippen molar-refractivity contribution in [2.24, 2.45) is 0 Å². The summed E-state index contributed by atoms with van der Waals surface area (Å²) in [5.74, 6) is 1.82. The van der Waals surface area contributed by atoms with E-state index in [0.29, 0.717) is 5.25 Å². The van der Waals surface area contributed by atoms with Crippen LogP contribution in [-0.2, 0) is 0 Å². The summed E-state index contributed by atoms with van der Waals surface area (Å²) < 4.78 is 11.5. The van der Waals surface area contributed by atoms with E-state index in [1.807, 2.05) is 30.3 Å². The minimum Gasteiger partial charge on any atom is -0.508 e. The number of phenolic OH excluding ortho intramolecular Hbond substituents is 1. The molecule has 0 bridgehead atoms. The van der Waals surface area contributed by atoms with Gasteiger partial charge in [0.05, 0.1) is 12.0 Å². The molecule has 0 radical (unpaired) electrons. The average Bonchev–Trinajstić information content (AvgIpc) is 2.47. The molecule has 0 aromatic heterocycles. The van der Waals surface area contributed by atoms with Gasteiger partial charge in [-0.3, -0.25) is 0 Å². The SMILES string of the molecule is COc1cccc2c1OC(c1ccc(O)cc1)[C@H](C)S2. The number of aromatic hydroxyl groups is 1. The molecule has 1 aliphatic heterocycles. The highest BCUT2D eigenvalue weighted by molar-refractivity contribution is 8.00. The Bertz CT molecular complexity index is 610. The highest BCUT2D eigenvalue weighted by Crippen LogP contribution is 2.49. The van der Waals surface area contributed by atoms with Crippen LogP contribution in [0.2, 0.25) is 0 Å². The van der Waals surface area contributed by atoms with Gasteiger partial charge in [-0.15, -0.1) is 11.8 Å². The Kier molecular flexibility index (Phi) is 3.49. The van der Waals surface area contributed by atoms with Crippen molar-refractivity contribution in [3.8, 4) is 17.2 Å². The summed E-state index contributed by atoms with van der Waals surface area (Å²) in [6, 6.07) is 13.1. The van der Waals surface area contributed by atoms with Crippen molar-refractivity contribution in [2.45, 2.75) is 23.2 Å². The minimum absolute atomic E-state index is 0.0515. The molecule has 0 fully saturated rings. The molecule has 0 amide bonds. The number of methoxy groups -OCH3 is 1. The summed E-state index contributed by atoms with van der Waals surface area (Å²) in [7, 11) is 1.65. The molecule has 1 heterocycles. The third-order valence-corrected chi connectivity index (χ3v) is 4.56. The zero-order chi connectivity index (χ0) is 14.1. The number of para-hydroxylation sites is 1. The van der Waals surface area contributed by atoms with Crippen LogP contribution in [0.1, 0.15) is 18.6 Å². The molecule has 1 unspecified atom stereocenters. The van der Waals surface area contributed by atoms with Crippen LogP contribution in [0.5, 0.6) is 17.2 Å². The van der Waals surface area contributed by atoms with E-state index in [9.17, 15) is 5.11 Å². The van der Waals surface area contributed by atoms with Crippen molar-refractivity contribution in [1.29, 1.82) is 0 Å². The van der Waals surface area contributed by atoms with E-state index < -0.39 is 0 Å². The molecule has 2 aromatic carbocycles. The van der Waals surface area contributed by atoms with Crippen LogP contribution >= 0.6 is 11.8 Å². The number of thioether (sulfide) groups is 1. The number of rotatable bonds is 2. The summed E-state index contributed by atoms with van der Waals surface area (Å²) >= 11 is 1.78. The third kappa shape index (κ3) is 2.31. The number of hydrogen-bond donors (Lipinski definition) is 1. The first kappa shape index (κ1) is 13.2. The Hall–Kier alpha value is -1.81. The number of ether oxygens (including phenoxy) is 2. The Morgan fingerprint density at radius 2 is 1.90 bits per heavy atom. The number of benzene rings is 2. The highest BCUT2D eigenvalue weighted by atomic mass is 32.2. The van der Waals surface area contributed by atoms with Gasteiger partial charge in [0.1, 0.15) is 11.9 Å². The molecule has 2 aromatic rings. The molecular formula is C16H16O3S. The minimum atomic E-state index is -0.0515. The lowest BCUT2D eigenvalue weighted by Crippen LogP contribution is -2.22. The zero-order valence-electron chi connectivity index (χ0n) is 11.4. The monoisotopic (exact) mass is 288 g/mol. The van der Waals surface area contributed by atoms with Crippen molar-refractivity contribution in [3.05, 3.63) is 48.0 Å². The quantitative estimate of drug-likeness (QED) is 0.906. The van der Waals surface area contributed by atoms with Gasteiger partial charge >= 0.3 is 0 Å². The molecular weight excluding hydrogens is 272 g/mol. The van der Waals surface area contributed by atoms with Crippen LogP contribution in [0.15, 0.2) is 47.4 Å². The van der Waals surface area contributed by atoms with E-state index in [2.05, 4.69) is 6.92 Å². The van der Waals surface area contributed by atoms with E-state index in [1.165, 1.54) is 0 Å². The first-order chi connectivity index (χ1) is 9.69. The standard InChI is InChI=1S/C16H16O3S/c1-10-15(11-6-8-12(17)9-7-11)19-16-13(18-2)4-3-5-14(16)20-10/h3-10,15,17H,1-2H3/t10-,15?/m0/s1. The third-order valence-electron chi connectivity index (χ3n) is 3.37. The van der Waals surface area contributed by atoms with Crippen LogP contribution in [0.25, 0.3) is 0 Å². The average molecular weight is 288 g/mol. The Labute approximate surface area is 122 Å². The maximum atomic E-state index is 9.39. The molecule has 0 spiro atoms. The molecule has 0 aliphatic carbocycles. The lowest BCUT2D eigenvalue weighted by Gasteiger charge is -2.32. The fraction of sp³-hybridized carbons (Fsp3) is 0.250. The smallest absolute Gasteiger partial charge is 0.175 e. The maximum Gasteiger partial charge on any atom is 0.175 e. The molecule has 0 saturated carbocycles. The predicted octanol–water partition coefficient (Wildman–Crippen LogP) is 4.02. The second kappa shape index (κ2) is 5.29. The van der Waals surface area contributed by atoms with E-state index in [1.54, 1.807) is 31.0 Å². The largest absolute Gasteiger partial charge is 0.508 e. The van der Waals surface area contributed by atoms with Crippen LogP contribution in [0.4, 0.5) is 0 Å². The fourth-order valence-electron chi connectivity index (χ4n) is 2.35. The topological polar surface area (TPSA) is 38.7 Å². The number of phenols is 1. The summed E-state index contributed by atoms with van der Waals surface area (Å²) in [4.78, 5) is 1.10. The van der Waals surface area contributed by atoms with Crippen LogP contribution < -0.4 is 9.47 Å². The Morgan fingerprint density at radius 1 is 1.15 bits per heavy atom. The van der Waals surface area contributed by atoms with Gasteiger partial charge in [0.25, 0.3) is 0 Å². The second-order valence-electron chi connectivity index (χ2n) is 4.74. The van der Waals surface area contributed by atoms with Crippen molar-refractivity contribution in [2.75, 3.05) is 7.11 Å². The van der Waals surface area contributed by atoms with Gasteiger partial charge in [-0.25, -0.2) is 0 Å². The van der Waals surface area contributed by atoms with E-state index >= 15 is 0 Å². The lowest BCUT2D eigenvalue weighted by atomic mass is 10.1. The van der Waals surface area contributed by atoms with Gasteiger partial charge in [-0.2, -0.15) is 0 Å². The van der Waals surface area contributed by atoms with E-state index in [0.717, 1.165) is 22.0 Å². The van der Waals surface area contributed by atoms with Crippen LogP contribution in [0, 0.1) is 0 Å². The molecule has 20 heavy (non-hydrogen) atoms. The van der Waals surface area contributed by atoms with Gasteiger partial charge in [-0.1, -0.05) is 18.2 Å². The zero-order valence-corrected chi connectivity index (χ0v) is 12.2. The fourth-order valence-corrected chi connectivity index (χ4v) is 3.50. The molecule has 4 heteroatoms. The van der Waals surface area contributed by atoms with E-state index in [4.69, 9.17) is 9.47 Å². The molecule has 1 aliphatic rings. The first-order valence-electron chi connectivity index (χ1n) is 6.48. The Morgan fingerprint density at radius 3 is 2.60 bits per heavy atom. The second-order valence-corrected chi connectivity index (χ2v) is 6.16. The predicted molar refractivity (Wildman–Crippen MR) is 79.8 cm³/mol. The van der Waals surface area contributed by atoms with Gasteiger partial charge in [0.2, 0.25) is 0 Å². The molecule has 0 saturated heterocycles. The van der Waals surface area contributed by atoms with E-state index in [-0.39, 0.29) is 11.9 Å². The van der Waals surface area contributed by atoms with Gasteiger partial charge < -0.3 is 14.6 Å².